The summed E-state index contributed by atoms with van der Waals surface area (Å²) in [6.45, 7) is 0. The number of nitrogens with zero attached hydrogens (tertiary/aromatic N) is 2. The first-order valence-corrected chi connectivity index (χ1v) is 6.44. The lowest BCUT2D eigenvalue weighted by Gasteiger charge is -2.06. The molecule has 108 valence electrons. The van der Waals surface area contributed by atoms with Crippen molar-refractivity contribution in [2.24, 2.45) is 0 Å². The van der Waals surface area contributed by atoms with Gasteiger partial charge in [-0.2, -0.15) is 0 Å². The molecule has 0 aliphatic carbocycles. The molecular formula is C13H8Cl2N2O4. The van der Waals surface area contributed by atoms with Crippen molar-refractivity contribution in [1.29, 1.82) is 0 Å². The number of aromatic nitrogens is 1. The fourth-order valence-electron chi connectivity index (χ4n) is 1.79. The van der Waals surface area contributed by atoms with Crippen LogP contribution in [0.4, 0.5) is 5.69 Å². The van der Waals surface area contributed by atoms with Crippen LogP contribution in [0.25, 0.3) is 11.1 Å². The molecule has 0 saturated heterocycles. The van der Waals surface area contributed by atoms with Gasteiger partial charge >= 0.3 is 5.97 Å². The molecule has 0 bridgehead atoms. The second kappa shape index (κ2) is 6.07. The van der Waals surface area contributed by atoms with E-state index in [4.69, 9.17) is 28.3 Å². The number of aliphatic carboxylic acids is 1. The minimum Gasteiger partial charge on any atom is -0.481 e. The molecule has 0 spiro atoms. The van der Waals surface area contributed by atoms with Gasteiger partial charge in [0.05, 0.1) is 11.3 Å². The maximum Gasteiger partial charge on any atom is 0.309 e. The average Bonchev–Trinajstić information content (AvgIpc) is 2.38. The van der Waals surface area contributed by atoms with Gasteiger partial charge in [-0.25, -0.2) is 0 Å². The van der Waals surface area contributed by atoms with E-state index in [2.05, 4.69) is 4.98 Å². The lowest BCUT2D eigenvalue weighted by molar-refractivity contribution is -0.385. The first kappa shape index (κ1) is 15.2. The van der Waals surface area contributed by atoms with Crippen molar-refractivity contribution < 1.29 is 14.8 Å². The van der Waals surface area contributed by atoms with Gasteiger partial charge in [0.25, 0.3) is 5.69 Å². The number of halogens is 2. The number of nitro groups is 1. The van der Waals surface area contributed by atoms with E-state index in [1.165, 1.54) is 18.3 Å². The van der Waals surface area contributed by atoms with Crippen molar-refractivity contribution in [3.05, 3.63) is 56.3 Å². The Morgan fingerprint density at radius 3 is 2.62 bits per heavy atom. The Kier molecular flexibility index (Phi) is 4.40. The molecular weight excluding hydrogens is 319 g/mol. The fraction of sp³-hybridized carbons (Fsp3) is 0.0769. The van der Waals surface area contributed by atoms with E-state index in [0.717, 1.165) is 0 Å². The van der Waals surface area contributed by atoms with Gasteiger partial charge in [0.1, 0.15) is 5.69 Å². The van der Waals surface area contributed by atoms with Crippen molar-refractivity contribution in [3.8, 4) is 11.1 Å². The third-order valence-corrected chi connectivity index (χ3v) is 3.25. The topological polar surface area (TPSA) is 93.3 Å². The van der Waals surface area contributed by atoms with Gasteiger partial charge < -0.3 is 5.11 Å². The van der Waals surface area contributed by atoms with Gasteiger partial charge in [-0.1, -0.05) is 29.3 Å². The molecule has 1 N–H and O–H groups in total. The molecule has 2 aromatic rings. The van der Waals surface area contributed by atoms with E-state index < -0.39 is 17.3 Å². The number of hydrogen-bond acceptors (Lipinski definition) is 4. The molecule has 2 rings (SSSR count). The number of carboxylic acid groups (broad SMARTS) is 1. The van der Waals surface area contributed by atoms with E-state index in [1.807, 2.05) is 0 Å². The number of rotatable bonds is 4. The summed E-state index contributed by atoms with van der Waals surface area (Å²) in [4.78, 5) is 24.9. The maximum atomic E-state index is 11.0. The Labute approximate surface area is 129 Å². The highest BCUT2D eigenvalue weighted by atomic mass is 35.5. The monoisotopic (exact) mass is 326 g/mol. The van der Waals surface area contributed by atoms with Crippen LogP contribution in [0.3, 0.4) is 0 Å². The predicted molar refractivity (Wildman–Crippen MR) is 77.7 cm³/mol. The molecule has 1 aromatic carbocycles. The summed E-state index contributed by atoms with van der Waals surface area (Å²) in [5.41, 5.74) is 0.471. The van der Waals surface area contributed by atoms with Gasteiger partial charge in [-0.15, -0.1) is 0 Å². The van der Waals surface area contributed by atoms with Crippen molar-refractivity contribution in [2.45, 2.75) is 6.42 Å². The molecule has 0 fully saturated rings. The highest BCUT2D eigenvalue weighted by molar-refractivity contribution is 6.36. The molecule has 0 unspecified atom stereocenters. The summed E-state index contributed by atoms with van der Waals surface area (Å²) in [5.74, 6) is -1.19. The van der Waals surface area contributed by atoms with E-state index >= 15 is 0 Å². The Hall–Kier alpha value is -2.18. The van der Waals surface area contributed by atoms with Gasteiger partial charge in [0, 0.05) is 33.4 Å². The van der Waals surface area contributed by atoms with Crippen molar-refractivity contribution >= 4 is 34.9 Å². The van der Waals surface area contributed by atoms with E-state index in [0.29, 0.717) is 21.2 Å². The first-order valence-electron chi connectivity index (χ1n) is 5.69. The number of pyridine rings is 1. The zero-order valence-corrected chi connectivity index (χ0v) is 11.9. The van der Waals surface area contributed by atoms with Gasteiger partial charge in [0.2, 0.25) is 0 Å². The average molecular weight is 327 g/mol. The first-order chi connectivity index (χ1) is 9.88. The number of carboxylic acids is 1. The molecule has 6 nitrogen and oxygen atoms in total. The number of carbonyl (C=O) groups is 1. The van der Waals surface area contributed by atoms with Crippen molar-refractivity contribution in [1.82, 2.24) is 4.98 Å². The molecule has 21 heavy (non-hydrogen) atoms. The number of benzene rings is 1. The Morgan fingerprint density at radius 1 is 1.33 bits per heavy atom. The lowest BCUT2D eigenvalue weighted by atomic mass is 10.1. The summed E-state index contributed by atoms with van der Waals surface area (Å²) in [6, 6.07) is 5.97. The Morgan fingerprint density at radius 2 is 2.05 bits per heavy atom. The van der Waals surface area contributed by atoms with Crippen LogP contribution in [0.5, 0.6) is 0 Å². The summed E-state index contributed by atoms with van der Waals surface area (Å²) < 4.78 is 0. The van der Waals surface area contributed by atoms with Crippen molar-refractivity contribution in [2.75, 3.05) is 0 Å². The van der Waals surface area contributed by atoms with Crippen LogP contribution in [-0.4, -0.2) is 21.0 Å². The smallest absolute Gasteiger partial charge is 0.309 e. The molecule has 0 atom stereocenters. The second-order valence-electron chi connectivity index (χ2n) is 4.14. The van der Waals surface area contributed by atoms with Crippen LogP contribution in [0.1, 0.15) is 5.69 Å². The molecule has 0 radical (unpaired) electrons. The molecule has 1 aromatic heterocycles. The quantitative estimate of drug-likeness (QED) is 0.684. The molecule has 0 aliphatic heterocycles. The van der Waals surface area contributed by atoms with E-state index in [-0.39, 0.29) is 11.4 Å². The van der Waals surface area contributed by atoms with Crippen LogP contribution in [0.15, 0.2) is 30.5 Å². The molecule has 0 aliphatic rings. The third kappa shape index (κ3) is 3.48. The summed E-state index contributed by atoms with van der Waals surface area (Å²) in [7, 11) is 0. The van der Waals surface area contributed by atoms with Crippen LogP contribution < -0.4 is 0 Å². The maximum absolute atomic E-state index is 11.0. The van der Waals surface area contributed by atoms with Gasteiger partial charge in [-0.3, -0.25) is 19.9 Å². The molecule has 0 saturated carbocycles. The van der Waals surface area contributed by atoms with Crippen molar-refractivity contribution in [3.63, 3.8) is 0 Å². The highest BCUT2D eigenvalue weighted by Crippen LogP contribution is 2.32. The SMILES string of the molecule is O=C(O)Cc1ncc(-c2ccc(Cl)cc2Cl)cc1[N+](=O)[O-]. The van der Waals surface area contributed by atoms with Crippen LogP contribution in [0, 0.1) is 10.1 Å². The predicted octanol–water partition coefficient (Wildman–Crippen LogP) is 3.59. The molecule has 0 amide bonds. The zero-order chi connectivity index (χ0) is 15.6. The van der Waals surface area contributed by atoms with E-state index in [1.54, 1.807) is 12.1 Å². The summed E-state index contributed by atoms with van der Waals surface area (Å²) in [5, 5.41) is 20.5. The van der Waals surface area contributed by atoms with Gasteiger partial charge in [0.15, 0.2) is 0 Å². The van der Waals surface area contributed by atoms with Crippen LogP contribution in [0.2, 0.25) is 10.0 Å². The Bertz CT molecular complexity index is 734. The fourth-order valence-corrected chi connectivity index (χ4v) is 2.31. The van der Waals surface area contributed by atoms with E-state index in [9.17, 15) is 14.9 Å². The lowest BCUT2D eigenvalue weighted by Crippen LogP contribution is -2.06. The minimum absolute atomic E-state index is 0.110. The normalized spacial score (nSPS) is 10.4. The summed E-state index contributed by atoms with van der Waals surface area (Å²) >= 11 is 11.8. The highest BCUT2D eigenvalue weighted by Gasteiger charge is 2.19. The largest absolute Gasteiger partial charge is 0.481 e. The molecule has 8 heteroatoms. The molecule has 1 heterocycles. The standard InChI is InChI=1S/C13H8Cl2N2O4/c14-8-1-2-9(10(15)4-8)7-3-12(17(20)21)11(16-6-7)5-13(18)19/h1-4,6H,5H2,(H,18,19). The van der Waals surface area contributed by atoms with Crippen LogP contribution >= 0.6 is 23.2 Å². The second-order valence-corrected chi connectivity index (χ2v) is 4.99. The minimum atomic E-state index is -1.19. The van der Waals surface area contributed by atoms with Gasteiger partial charge in [-0.05, 0) is 12.1 Å². The zero-order valence-electron chi connectivity index (χ0n) is 10.4. The Balaban J connectivity index is 2.53. The summed E-state index contributed by atoms with van der Waals surface area (Å²) in [6.07, 6.45) is 0.825. The third-order valence-electron chi connectivity index (χ3n) is 2.70. The number of hydrogen-bond donors (Lipinski definition) is 1. The van der Waals surface area contributed by atoms with Crippen LogP contribution in [-0.2, 0) is 11.2 Å².